The zero-order valence-corrected chi connectivity index (χ0v) is 12.8. The molecule has 2 heterocycles. The summed E-state index contributed by atoms with van der Waals surface area (Å²) in [6.45, 7) is 0. The Bertz CT molecular complexity index is 1000. The molecule has 0 aliphatic heterocycles. The van der Waals surface area contributed by atoms with Crippen molar-refractivity contribution in [3.63, 3.8) is 0 Å². The first-order chi connectivity index (χ1) is 10.7. The van der Waals surface area contributed by atoms with Crippen LogP contribution in [0.25, 0.3) is 22.1 Å². The standard InChI is InChI=1S/C16H9BrN2O3/c17-11-2-1-3-13-10(11)7-15(22-13)16(20)19-9-4-5-14-12(6-9)18-8-21-14/h1-8H,(H,19,20). The zero-order chi connectivity index (χ0) is 15.1. The van der Waals surface area contributed by atoms with Crippen LogP contribution in [0.3, 0.4) is 0 Å². The lowest BCUT2D eigenvalue weighted by Crippen LogP contribution is -2.10. The number of hydrogen-bond acceptors (Lipinski definition) is 4. The lowest BCUT2D eigenvalue weighted by molar-refractivity contribution is 0.0998. The van der Waals surface area contributed by atoms with E-state index in [1.54, 1.807) is 24.3 Å². The predicted octanol–water partition coefficient (Wildman–Crippen LogP) is 4.59. The van der Waals surface area contributed by atoms with Crippen LogP contribution in [0.4, 0.5) is 5.69 Å². The quantitative estimate of drug-likeness (QED) is 0.570. The Balaban J connectivity index is 1.66. The minimum Gasteiger partial charge on any atom is -0.451 e. The summed E-state index contributed by atoms with van der Waals surface area (Å²) in [6.07, 6.45) is 1.37. The molecule has 0 fully saturated rings. The molecule has 108 valence electrons. The first kappa shape index (κ1) is 13.1. The fourth-order valence-electron chi connectivity index (χ4n) is 2.27. The Morgan fingerprint density at radius 1 is 1.14 bits per heavy atom. The van der Waals surface area contributed by atoms with E-state index in [1.807, 2.05) is 18.2 Å². The summed E-state index contributed by atoms with van der Waals surface area (Å²) in [4.78, 5) is 16.4. The lowest BCUT2D eigenvalue weighted by Gasteiger charge is -2.02. The van der Waals surface area contributed by atoms with Crippen molar-refractivity contribution in [2.75, 3.05) is 5.32 Å². The monoisotopic (exact) mass is 356 g/mol. The minimum absolute atomic E-state index is 0.252. The van der Waals surface area contributed by atoms with Crippen LogP contribution in [0.15, 0.2) is 62.2 Å². The molecule has 0 saturated heterocycles. The van der Waals surface area contributed by atoms with Crippen molar-refractivity contribution in [2.24, 2.45) is 0 Å². The van der Waals surface area contributed by atoms with Gasteiger partial charge in [-0.3, -0.25) is 4.79 Å². The van der Waals surface area contributed by atoms with Crippen molar-refractivity contribution in [3.8, 4) is 0 Å². The second-order valence-electron chi connectivity index (χ2n) is 4.75. The van der Waals surface area contributed by atoms with Crippen molar-refractivity contribution in [1.29, 1.82) is 0 Å². The molecule has 0 unspecified atom stereocenters. The number of anilines is 1. The van der Waals surface area contributed by atoms with Crippen LogP contribution in [-0.2, 0) is 0 Å². The number of carbonyl (C=O) groups excluding carboxylic acids is 1. The Labute approximate surface area is 133 Å². The number of benzene rings is 2. The van der Waals surface area contributed by atoms with Crippen LogP contribution in [0.2, 0.25) is 0 Å². The van der Waals surface area contributed by atoms with E-state index in [0.29, 0.717) is 22.4 Å². The highest BCUT2D eigenvalue weighted by Gasteiger charge is 2.14. The molecule has 2 aromatic heterocycles. The maximum absolute atomic E-state index is 12.3. The van der Waals surface area contributed by atoms with Crippen molar-refractivity contribution in [3.05, 3.63) is 59.1 Å². The van der Waals surface area contributed by atoms with Gasteiger partial charge in [-0.1, -0.05) is 22.0 Å². The summed E-state index contributed by atoms with van der Waals surface area (Å²) in [5.74, 6) is -0.0619. The molecule has 0 bridgehead atoms. The van der Waals surface area contributed by atoms with Gasteiger partial charge in [0.1, 0.15) is 11.1 Å². The second-order valence-corrected chi connectivity index (χ2v) is 5.61. The Morgan fingerprint density at radius 2 is 2.05 bits per heavy atom. The number of hydrogen-bond donors (Lipinski definition) is 1. The number of rotatable bonds is 2. The maximum Gasteiger partial charge on any atom is 0.291 e. The number of furan rings is 1. The topological polar surface area (TPSA) is 68.3 Å². The van der Waals surface area contributed by atoms with Crippen LogP contribution in [-0.4, -0.2) is 10.9 Å². The van der Waals surface area contributed by atoms with Crippen LogP contribution >= 0.6 is 15.9 Å². The summed E-state index contributed by atoms with van der Waals surface area (Å²) >= 11 is 3.44. The molecule has 22 heavy (non-hydrogen) atoms. The smallest absolute Gasteiger partial charge is 0.291 e. The highest BCUT2D eigenvalue weighted by Crippen LogP contribution is 2.27. The molecular weight excluding hydrogens is 348 g/mol. The molecule has 6 heteroatoms. The van der Waals surface area contributed by atoms with E-state index < -0.39 is 0 Å². The summed E-state index contributed by atoms with van der Waals surface area (Å²) < 4.78 is 11.6. The third-order valence-electron chi connectivity index (χ3n) is 3.32. The number of oxazole rings is 1. The average molecular weight is 357 g/mol. The fraction of sp³-hybridized carbons (Fsp3) is 0. The molecule has 4 rings (SSSR count). The highest BCUT2D eigenvalue weighted by molar-refractivity contribution is 9.10. The van der Waals surface area contributed by atoms with E-state index in [4.69, 9.17) is 8.83 Å². The molecule has 0 saturated carbocycles. The van der Waals surface area contributed by atoms with E-state index in [1.165, 1.54) is 6.39 Å². The summed E-state index contributed by atoms with van der Waals surface area (Å²) in [5.41, 5.74) is 2.65. The number of fused-ring (bicyclic) bond motifs is 2. The summed E-state index contributed by atoms with van der Waals surface area (Å²) in [5, 5.41) is 3.65. The Morgan fingerprint density at radius 3 is 2.91 bits per heavy atom. The van der Waals surface area contributed by atoms with Crippen molar-refractivity contribution in [1.82, 2.24) is 4.98 Å². The van der Waals surface area contributed by atoms with Gasteiger partial charge in [0.15, 0.2) is 17.7 Å². The number of halogens is 1. The van der Waals surface area contributed by atoms with Crippen LogP contribution < -0.4 is 5.32 Å². The van der Waals surface area contributed by atoms with Gasteiger partial charge in [0.05, 0.1) is 0 Å². The number of nitrogens with one attached hydrogen (secondary N) is 1. The van der Waals surface area contributed by atoms with Crippen LogP contribution in [0, 0.1) is 0 Å². The largest absolute Gasteiger partial charge is 0.451 e. The number of carbonyl (C=O) groups is 1. The zero-order valence-electron chi connectivity index (χ0n) is 11.2. The van der Waals surface area contributed by atoms with Gasteiger partial charge in [0.25, 0.3) is 5.91 Å². The average Bonchev–Trinajstić information content (AvgIpc) is 3.13. The third-order valence-corrected chi connectivity index (χ3v) is 4.01. The van der Waals surface area contributed by atoms with E-state index in [0.717, 1.165) is 9.86 Å². The Hall–Kier alpha value is -2.60. The van der Waals surface area contributed by atoms with Crippen LogP contribution in [0.1, 0.15) is 10.6 Å². The maximum atomic E-state index is 12.3. The molecular formula is C16H9BrN2O3. The highest BCUT2D eigenvalue weighted by atomic mass is 79.9. The number of amides is 1. The van der Waals surface area contributed by atoms with Gasteiger partial charge >= 0.3 is 0 Å². The SMILES string of the molecule is O=C(Nc1ccc2ocnc2c1)c1cc2c(Br)cccc2o1. The van der Waals surface area contributed by atoms with Gasteiger partial charge in [-0.05, 0) is 36.4 Å². The normalized spacial score (nSPS) is 11.1. The molecule has 1 N–H and O–H groups in total. The third kappa shape index (κ3) is 2.17. The Kier molecular flexibility index (Phi) is 2.97. The van der Waals surface area contributed by atoms with E-state index in [9.17, 15) is 4.79 Å². The van der Waals surface area contributed by atoms with E-state index in [2.05, 4.69) is 26.2 Å². The minimum atomic E-state index is -0.314. The van der Waals surface area contributed by atoms with Gasteiger partial charge in [-0.15, -0.1) is 0 Å². The molecule has 4 aromatic rings. The van der Waals surface area contributed by atoms with E-state index >= 15 is 0 Å². The fourth-order valence-corrected chi connectivity index (χ4v) is 2.73. The van der Waals surface area contributed by atoms with Gasteiger partial charge in [0, 0.05) is 15.5 Å². The molecule has 5 nitrogen and oxygen atoms in total. The summed E-state index contributed by atoms with van der Waals surface area (Å²) in [6, 6.07) is 12.5. The molecule has 0 atom stereocenters. The molecule has 0 spiro atoms. The lowest BCUT2D eigenvalue weighted by atomic mass is 10.2. The molecule has 0 aliphatic carbocycles. The van der Waals surface area contributed by atoms with Crippen LogP contribution in [0.5, 0.6) is 0 Å². The van der Waals surface area contributed by atoms with E-state index in [-0.39, 0.29) is 11.7 Å². The van der Waals surface area contributed by atoms with Gasteiger partial charge in [-0.25, -0.2) is 4.98 Å². The second kappa shape index (κ2) is 4.99. The van der Waals surface area contributed by atoms with Crippen molar-refractivity contribution < 1.29 is 13.6 Å². The molecule has 0 radical (unpaired) electrons. The summed E-state index contributed by atoms with van der Waals surface area (Å²) in [7, 11) is 0. The first-order valence-corrected chi connectivity index (χ1v) is 7.33. The predicted molar refractivity (Wildman–Crippen MR) is 85.9 cm³/mol. The van der Waals surface area contributed by atoms with Crippen molar-refractivity contribution >= 4 is 49.6 Å². The van der Waals surface area contributed by atoms with Gasteiger partial charge in [0.2, 0.25) is 0 Å². The van der Waals surface area contributed by atoms with Gasteiger partial charge < -0.3 is 14.2 Å². The number of nitrogens with zero attached hydrogens (tertiary/aromatic N) is 1. The van der Waals surface area contributed by atoms with Gasteiger partial charge in [-0.2, -0.15) is 0 Å². The molecule has 0 aliphatic rings. The number of aromatic nitrogens is 1. The molecule has 1 amide bonds. The van der Waals surface area contributed by atoms with Crippen molar-refractivity contribution in [2.45, 2.75) is 0 Å². The first-order valence-electron chi connectivity index (χ1n) is 6.53. The molecule has 2 aromatic carbocycles.